The number of rotatable bonds is 3. The Labute approximate surface area is 123 Å². The molecule has 7 heteroatoms. The number of hydrogen-bond acceptors (Lipinski definition) is 6. The van der Waals surface area contributed by atoms with Crippen LogP contribution < -0.4 is 5.32 Å². The van der Waals surface area contributed by atoms with Gasteiger partial charge in [0.2, 0.25) is 5.91 Å². The zero-order valence-electron chi connectivity index (χ0n) is 10.3. The highest BCUT2D eigenvalue weighted by atomic mass is 32.2. The fourth-order valence-electron chi connectivity index (χ4n) is 1.58. The van der Waals surface area contributed by atoms with Crippen LogP contribution in [-0.2, 0) is 4.79 Å². The fraction of sp³-hybridized carbons (Fsp3) is 0.0769. The van der Waals surface area contributed by atoms with Crippen LogP contribution in [0.2, 0.25) is 0 Å². The van der Waals surface area contributed by atoms with E-state index in [1.807, 2.05) is 35.7 Å². The van der Waals surface area contributed by atoms with Crippen molar-refractivity contribution in [3.8, 4) is 10.6 Å². The normalized spacial score (nSPS) is 17.0. The first-order valence-corrected chi connectivity index (χ1v) is 7.72. The molecule has 0 aliphatic carbocycles. The Morgan fingerprint density at radius 2 is 2.15 bits per heavy atom. The summed E-state index contributed by atoms with van der Waals surface area (Å²) in [6.07, 6.45) is 1.58. The summed E-state index contributed by atoms with van der Waals surface area (Å²) in [7, 11) is 0. The molecule has 1 aromatic carbocycles. The minimum absolute atomic E-state index is 0.0380. The smallest absolute Gasteiger partial charge is 0.236 e. The molecule has 5 nitrogen and oxygen atoms in total. The van der Waals surface area contributed by atoms with E-state index in [9.17, 15) is 4.79 Å². The van der Waals surface area contributed by atoms with Crippen LogP contribution in [0, 0.1) is 0 Å². The Morgan fingerprint density at radius 1 is 1.30 bits per heavy atom. The van der Waals surface area contributed by atoms with Crippen molar-refractivity contribution in [3.05, 3.63) is 41.4 Å². The topological polar surface area (TPSA) is 66.7 Å². The van der Waals surface area contributed by atoms with Crippen LogP contribution in [0.15, 0.2) is 45.9 Å². The number of thiazole rings is 1. The van der Waals surface area contributed by atoms with Crippen LogP contribution in [-0.4, -0.2) is 28.0 Å². The molecule has 2 aromatic rings. The summed E-state index contributed by atoms with van der Waals surface area (Å²) in [4.78, 5) is 15.4. The van der Waals surface area contributed by atoms with Crippen molar-refractivity contribution in [2.45, 2.75) is 0 Å². The summed E-state index contributed by atoms with van der Waals surface area (Å²) in [5.74, 6) is 0.368. The van der Waals surface area contributed by atoms with Gasteiger partial charge in [-0.3, -0.25) is 4.79 Å². The van der Waals surface area contributed by atoms with Gasteiger partial charge < -0.3 is 5.32 Å². The maximum atomic E-state index is 11.0. The Hall–Kier alpha value is -1.99. The number of thioether (sulfide) groups is 1. The largest absolute Gasteiger partial charge is 0.303 e. The van der Waals surface area contributed by atoms with Gasteiger partial charge in [-0.25, -0.2) is 4.98 Å². The molecule has 3 rings (SSSR count). The Bertz CT molecular complexity index is 679. The van der Waals surface area contributed by atoms with Crippen LogP contribution in [0.1, 0.15) is 5.69 Å². The molecule has 1 saturated heterocycles. The lowest BCUT2D eigenvalue weighted by atomic mass is 10.2. The van der Waals surface area contributed by atoms with Gasteiger partial charge in [-0.1, -0.05) is 42.1 Å². The van der Waals surface area contributed by atoms with E-state index in [-0.39, 0.29) is 5.91 Å². The molecule has 1 fully saturated rings. The average molecular weight is 302 g/mol. The molecule has 0 saturated carbocycles. The van der Waals surface area contributed by atoms with E-state index >= 15 is 0 Å². The van der Waals surface area contributed by atoms with Gasteiger partial charge in [0, 0.05) is 10.9 Å². The highest BCUT2D eigenvalue weighted by Crippen LogP contribution is 2.22. The van der Waals surface area contributed by atoms with Crippen LogP contribution in [0.3, 0.4) is 0 Å². The molecule has 1 aromatic heterocycles. The van der Waals surface area contributed by atoms with E-state index in [0.29, 0.717) is 10.9 Å². The minimum atomic E-state index is -0.0380. The maximum absolute atomic E-state index is 11.0. The summed E-state index contributed by atoms with van der Waals surface area (Å²) in [6.45, 7) is 0. The second kappa shape index (κ2) is 5.98. The minimum Gasteiger partial charge on any atom is -0.303 e. The van der Waals surface area contributed by atoms with Gasteiger partial charge in [-0.2, -0.15) is 5.10 Å². The molecule has 0 spiro atoms. The maximum Gasteiger partial charge on any atom is 0.236 e. The number of amidine groups is 1. The van der Waals surface area contributed by atoms with Crippen molar-refractivity contribution in [3.63, 3.8) is 0 Å². The molecule has 1 amide bonds. The van der Waals surface area contributed by atoms with E-state index in [1.165, 1.54) is 11.8 Å². The van der Waals surface area contributed by atoms with Gasteiger partial charge in [0.05, 0.1) is 17.7 Å². The van der Waals surface area contributed by atoms with Crippen LogP contribution >= 0.6 is 23.1 Å². The summed E-state index contributed by atoms with van der Waals surface area (Å²) >= 11 is 2.91. The zero-order valence-corrected chi connectivity index (χ0v) is 11.9. The van der Waals surface area contributed by atoms with Gasteiger partial charge in [-0.05, 0) is 0 Å². The van der Waals surface area contributed by atoms with Crippen molar-refractivity contribution < 1.29 is 4.79 Å². The summed E-state index contributed by atoms with van der Waals surface area (Å²) in [5, 5.41) is 13.9. The van der Waals surface area contributed by atoms with E-state index in [2.05, 4.69) is 20.5 Å². The third-order valence-electron chi connectivity index (χ3n) is 2.47. The van der Waals surface area contributed by atoms with Gasteiger partial charge in [-0.15, -0.1) is 16.4 Å². The standard InChI is InChI=1S/C13H10N4OS2/c18-11-8-20-13(16-11)17-14-6-10-7-19-12(15-10)9-4-2-1-3-5-9/h1-7H,8H2,(H,16,17,18)/b14-6+. The summed E-state index contributed by atoms with van der Waals surface area (Å²) in [6, 6.07) is 9.98. The first-order valence-electron chi connectivity index (χ1n) is 5.86. The number of aromatic nitrogens is 1. The van der Waals surface area contributed by atoms with Gasteiger partial charge in [0.15, 0.2) is 5.17 Å². The third kappa shape index (κ3) is 3.12. The van der Waals surface area contributed by atoms with Crippen molar-refractivity contribution in [1.82, 2.24) is 10.3 Å². The third-order valence-corrected chi connectivity index (χ3v) is 4.24. The number of carbonyl (C=O) groups excluding carboxylic acids is 1. The first-order chi connectivity index (χ1) is 9.81. The first kappa shape index (κ1) is 13.0. The lowest BCUT2D eigenvalue weighted by molar-refractivity contribution is -0.116. The second-order valence-corrected chi connectivity index (χ2v) is 5.75. The molecule has 20 heavy (non-hydrogen) atoms. The SMILES string of the molecule is O=C1CS/C(=N/N=C/c2csc(-c3ccccc3)n2)N1. The Kier molecular flexibility index (Phi) is 3.89. The molecule has 0 atom stereocenters. The van der Waals surface area contributed by atoms with Crippen molar-refractivity contribution in [2.24, 2.45) is 10.2 Å². The van der Waals surface area contributed by atoms with E-state index < -0.39 is 0 Å². The molecule has 1 aliphatic rings. The molecule has 0 unspecified atom stereocenters. The van der Waals surface area contributed by atoms with Gasteiger partial charge >= 0.3 is 0 Å². The number of nitrogens with zero attached hydrogens (tertiary/aromatic N) is 3. The lowest BCUT2D eigenvalue weighted by Gasteiger charge is -1.92. The van der Waals surface area contributed by atoms with Gasteiger partial charge in [0.25, 0.3) is 0 Å². The van der Waals surface area contributed by atoms with Crippen LogP contribution in [0.5, 0.6) is 0 Å². The number of carbonyl (C=O) groups is 1. The van der Waals surface area contributed by atoms with E-state index in [4.69, 9.17) is 0 Å². The summed E-state index contributed by atoms with van der Waals surface area (Å²) in [5.41, 5.74) is 1.84. The van der Waals surface area contributed by atoms with Crippen molar-refractivity contribution >= 4 is 40.4 Å². The van der Waals surface area contributed by atoms with Crippen molar-refractivity contribution in [2.75, 3.05) is 5.75 Å². The predicted octanol–water partition coefficient (Wildman–Crippen LogP) is 2.36. The molecule has 1 aliphatic heterocycles. The molecular formula is C13H10N4OS2. The molecule has 100 valence electrons. The van der Waals surface area contributed by atoms with Crippen LogP contribution in [0.25, 0.3) is 10.6 Å². The van der Waals surface area contributed by atoms with E-state index in [1.54, 1.807) is 17.6 Å². The molecule has 1 N–H and O–H groups in total. The lowest BCUT2D eigenvalue weighted by Crippen LogP contribution is -2.19. The van der Waals surface area contributed by atoms with E-state index in [0.717, 1.165) is 16.3 Å². The van der Waals surface area contributed by atoms with Crippen LogP contribution in [0.4, 0.5) is 0 Å². The fourth-order valence-corrected chi connectivity index (χ4v) is 2.99. The van der Waals surface area contributed by atoms with Gasteiger partial charge in [0.1, 0.15) is 5.01 Å². The highest BCUT2D eigenvalue weighted by Gasteiger charge is 2.15. The second-order valence-electron chi connectivity index (χ2n) is 3.93. The Balaban J connectivity index is 1.70. The number of amides is 1. The molecule has 2 heterocycles. The quantitative estimate of drug-likeness (QED) is 0.699. The number of benzene rings is 1. The summed E-state index contributed by atoms with van der Waals surface area (Å²) < 4.78 is 0. The average Bonchev–Trinajstić information content (AvgIpc) is 3.09. The molecule has 0 radical (unpaired) electrons. The highest BCUT2D eigenvalue weighted by molar-refractivity contribution is 8.15. The van der Waals surface area contributed by atoms with Crippen molar-refractivity contribution in [1.29, 1.82) is 0 Å². The Morgan fingerprint density at radius 3 is 2.90 bits per heavy atom. The monoisotopic (exact) mass is 302 g/mol. The predicted molar refractivity (Wildman–Crippen MR) is 83.2 cm³/mol. The number of hydrogen-bond donors (Lipinski definition) is 1. The number of nitrogens with one attached hydrogen (secondary N) is 1. The molecule has 0 bridgehead atoms. The zero-order chi connectivity index (χ0) is 13.8. The molecular weight excluding hydrogens is 292 g/mol.